The second kappa shape index (κ2) is 15.2. The van der Waals surface area contributed by atoms with Crippen molar-refractivity contribution in [2.24, 2.45) is 0 Å². The normalized spacial score (nSPS) is 11.0. The van der Waals surface area contributed by atoms with Gasteiger partial charge in [-0.1, -0.05) is 46.4 Å². The van der Waals surface area contributed by atoms with Crippen molar-refractivity contribution in [2.75, 3.05) is 7.11 Å². The highest BCUT2D eigenvalue weighted by Crippen LogP contribution is 2.36. The number of aromatic hydroxyl groups is 1. The molecule has 51 heavy (non-hydrogen) atoms. The van der Waals surface area contributed by atoms with Crippen LogP contribution in [0, 0.1) is 23.3 Å². The van der Waals surface area contributed by atoms with E-state index in [0.717, 1.165) is 28.8 Å². The van der Waals surface area contributed by atoms with Gasteiger partial charge in [-0.15, -0.1) is 0 Å². The second-order valence-electron chi connectivity index (χ2n) is 10.5. The highest BCUT2D eigenvalue weighted by molar-refractivity contribution is 6.31. The molecule has 10 nitrogen and oxygen atoms in total. The lowest BCUT2D eigenvalue weighted by molar-refractivity contribution is 0.407. The summed E-state index contributed by atoms with van der Waals surface area (Å²) in [6, 6.07) is 6.17. The standard InChI is InChI=1S/C17H13Cl2F2N3O2.C16H11Cl2F2N3O2/c1-3-23-16(15-12(20)4-10(26-2)5-13(15)21)14(6-11(19)17(23)25)24-8-9(18)7-22-24;1-2-22-15(14-11(19)3-9(24)4-12(14)20)13(5-10(18)16(22)25)23-7-8(17)6-21-23/h4-8H,3H2,1-2H3;3-7,24H,2H2,1H3. The minimum atomic E-state index is -1.03. The van der Waals surface area contributed by atoms with Gasteiger partial charge in [-0.3, -0.25) is 9.59 Å². The number of pyridine rings is 2. The number of hydrogen-bond acceptors (Lipinski definition) is 6. The molecule has 0 radical (unpaired) electrons. The molecular weight excluding hydrogens is 762 g/mol. The topological polar surface area (TPSA) is 109 Å². The second-order valence-corrected chi connectivity index (χ2v) is 12.2. The molecule has 2 aromatic carbocycles. The zero-order valence-electron chi connectivity index (χ0n) is 26.6. The Bertz CT molecular complexity index is 2360. The third-order valence-corrected chi connectivity index (χ3v) is 8.36. The molecule has 4 heterocycles. The Hall–Kier alpha value is -4.76. The van der Waals surface area contributed by atoms with Crippen LogP contribution in [0.4, 0.5) is 17.6 Å². The molecule has 6 aromatic rings. The maximum Gasteiger partial charge on any atom is 0.269 e. The SMILES string of the molecule is CCn1c(-c2c(F)cc(O)cc2F)c(-n2cc(Cl)cn2)cc(Cl)c1=O.CCn1c(-c2c(F)cc(OC)cc2F)c(-n2cc(Cl)cn2)cc(Cl)c1=O. The molecule has 0 unspecified atom stereocenters. The third-order valence-electron chi connectivity index (χ3n) is 7.43. The van der Waals surface area contributed by atoms with Crippen LogP contribution in [-0.2, 0) is 13.1 Å². The lowest BCUT2D eigenvalue weighted by Crippen LogP contribution is -2.24. The summed E-state index contributed by atoms with van der Waals surface area (Å²) in [5.41, 5.74) is -1.72. The number of benzene rings is 2. The van der Waals surface area contributed by atoms with Crippen molar-refractivity contribution in [3.63, 3.8) is 0 Å². The monoisotopic (exact) mass is 784 g/mol. The zero-order chi connectivity index (χ0) is 37.3. The number of nitrogens with zero attached hydrogens (tertiary/aromatic N) is 6. The van der Waals surface area contributed by atoms with Crippen LogP contribution in [0.3, 0.4) is 0 Å². The molecule has 0 aliphatic rings. The number of aromatic nitrogens is 6. The van der Waals surface area contributed by atoms with Gasteiger partial charge in [0, 0.05) is 49.7 Å². The number of hydrogen-bond donors (Lipinski definition) is 1. The number of phenolic OH excluding ortho intramolecular Hbond substituents is 1. The van der Waals surface area contributed by atoms with Gasteiger partial charge in [0.15, 0.2) is 0 Å². The molecule has 1 N–H and O–H groups in total. The Kier molecular flexibility index (Phi) is 11.2. The first-order valence-electron chi connectivity index (χ1n) is 14.7. The molecule has 0 saturated carbocycles. The minimum Gasteiger partial charge on any atom is -0.508 e. The Morgan fingerprint density at radius 3 is 1.35 bits per heavy atom. The van der Waals surface area contributed by atoms with E-state index in [9.17, 15) is 32.3 Å². The van der Waals surface area contributed by atoms with Crippen molar-refractivity contribution in [3.8, 4) is 45.4 Å². The van der Waals surface area contributed by atoms with Crippen molar-refractivity contribution in [3.05, 3.63) is 125 Å². The summed E-state index contributed by atoms with van der Waals surface area (Å²) in [5, 5.41) is 17.8. The molecule has 0 bridgehead atoms. The largest absolute Gasteiger partial charge is 0.508 e. The molecule has 4 aromatic heterocycles. The molecule has 0 spiro atoms. The van der Waals surface area contributed by atoms with Gasteiger partial charge in [-0.25, -0.2) is 26.9 Å². The van der Waals surface area contributed by atoms with E-state index < -0.39 is 45.7 Å². The Morgan fingerprint density at radius 1 is 0.667 bits per heavy atom. The number of ether oxygens (including phenoxy) is 1. The van der Waals surface area contributed by atoms with Crippen molar-refractivity contribution < 1.29 is 27.4 Å². The van der Waals surface area contributed by atoms with Crippen LogP contribution < -0.4 is 15.9 Å². The van der Waals surface area contributed by atoms with Gasteiger partial charge in [0.2, 0.25) is 0 Å². The van der Waals surface area contributed by atoms with E-state index in [-0.39, 0.29) is 57.2 Å². The van der Waals surface area contributed by atoms with E-state index >= 15 is 0 Å². The van der Waals surface area contributed by atoms with Crippen molar-refractivity contribution >= 4 is 46.4 Å². The van der Waals surface area contributed by atoms with Crippen molar-refractivity contribution in [1.29, 1.82) is 0 Å². The summed E-state index contributed by atoms with van der Waals surface area (Å²) < 4.78 is 68.1. The van der Waals surface area contributed by atoms with Crippen LogP contribution in [0.2, 0.25) is 20.1 Å². The first-order chi connectivity index (χ1) is 24.2. The van der Waals surface area contributed by atoms with Crippen molar-refractivity contribution in [1.82, 2.24) is 28.7 Å². The molecule has 0 saturated heterocycles. The average molecular weight is 786 g/mol. The van der Waals surface area contributed by atoms with Gasteiger partial charge in [0.25, 0.3) is 11.1 Å². The summed E-state index contributed by atoms with van der Waals surface area (Å²) in [7, 11) is 1.30. The van der Waals surface area contributed by atoms with Crippen LogP contribution in [0.25, 0.3) is 33.9 Å². The average Bonchev–Trinajstić information content (AvgIpc) is 3.71. The molecule has 6 rings (SSSR count). The van der Waals surface area contributed by atoms with E-state index in [1.165, 1.54) is 58.0 Å². The predicted molar refractivity (Wildman–Crippen MR) is 186 cm³/mol. The van der Waals surface area contributed by atoms with Gasteiger partial charge < -0.3 is 19.0 Å². The first kappa shape index (κ1) is 37.5. The van der Waals surface area contributed by atoms with E-state index in [1.807, 2.05) is 0 Å². The fourth-order valence-corrected chi connectivity index (χ4v) is 5.94. The summed E-state index contributed by atoms with van der Waals surface area (Å²) in [6.07, 6.45) is 5.56. The smallest absolute Gasteiger partial charge is 0.269 e. The first-order valence-corrected chi connectivity index (χ1v) is 16.2. The summed E-state index contributed by atoms with van der Waals surface area (Å²) in [5.74, 6) is -4.37. The number of rotatable bonds is 7. The molecule has 0 amide bonds. The predicted octanol–water partition coefficient (Wildman–Crippen LogP) is 8.33. The van der Waals surface area contributed by atoms with Gasteiger partial charge in [-0.05, 0) is 26.0 Å². The lowest BCUT2D eigenvalue weighted by atomic mass is 10.1. The van der Waals surface area contributed by atoms with E-state index in [2.05, 4.69) is 10.2 Å². The van der Waals surface area contributed by atoms with Crippen LogP contribution in [0.15, 0.2) is 70.8 Å². The summed E-state index contributed by atoms with van der Waals surface area (Å²) >= 11 is 23.8. The van der Waals surface area contributed by atoms with Crippen LogP contribution in [0.1, 0.15) is 13.8 Å². The minimum absolute atomic E-state index is 0.000630. The summed E-state index contributed by atoms with van der Waals surface area (Å²) in [6.45, 7) is 3.55. The highest BCUT2D eigenvalue weighted by atomic mass is 35.5. The maximum atomic E-state index is 14.7. The molecule has 0 atom stereocenters. The fourth-order valence-electron chi connectivity index (χ4n) is 5.26. The highest BCUT2D eigenvalue weighted by Gasteiger charge is 2.25. The molecule has 266 valence electrons. The number of phenols is 1. The van der Waals surface area contributed by atoms with Crippen LogP contribution in [-0.4, -0.2) is 40.9 Å². The molecule has 0 fully saturated rings. The van der Waals surface area contributed by atoms with Crippen molar-refractivity contribution in [2.45, 2.75) is 26.9 Å². The number of methoxy groups -OCH3 is 1. The molecule has 0 aliphatic carbocycles. The van der Waals surface area contributed by atoms with Gasteiger partial charge in [0.05, 0.1) is 63.4 Å². The number of halogens is 8. The summed E-state index contributed by atoms with van der Waals surface area (Å²) in [4.78, 5) is 24.8. The van der Waals surface area contributed by atoms with E-state index in [1.54, 1.807) is 13.8 Å². The quantitative estimate of drug-likeness (QED) is 0.163. The molecule has 0 aliphatic heterocycles. The third kappa shape index (κ3) is 7.35. The van der Waals surface area contributed by atoms with Crippen LogP contribution in [0.5, 0.6) is 11.5 Å². The fraction of sp³-hybridized carbons (Fsp3) is 0.152. The lowest BCUT2D eigenvalue weighted by Gasteiger charge is -2.18. The Labute approximate surface area is 306 Å². The molecular formula is C33H24Cl4F4N6O4. The zero-order valence-corrected chi connectivity index (χ0v) is 29.6. The van der Waals surface area contributed by atoms with Crippen LogP contribution >= 0.6 is 46.4 Å². The Balaban J connectivity index is 0.000000198. The van der Waals surface area contributed by atoms with Gasteiger partial charge in [0.1, 0.15) is 44.8 Å². The van der Waals surface area contributed by atoms with E-state index in [0.29, 0.717) is 10.0 Å². The Morgan fingerprint density at radius 2 is 1.04 bits per heavy atom. The van der Waals surface area contributed by atoms with Gasteiger partial charge in [-0.2, -0.15) is 10.2 Å². The van der Waals surface area contributed by atoms with Gasteiger partial charge >= 0.3 is 0 Å². The maximum absolute atomic E-state index is 14.7. The van der Waals surface area contributed by atoms with E-state index in [4.69, 9.17) is 51.1 Å². The molecule has 18 heteroatoms.